The Morgan fingerprint density at radius 1 is 1.16 bits per heavy atom. The number of anilines is 2. The summed E-state index contributed by atoms with van der Waals surface area (Å²) in [5.74, 6) is -3.17. The number of halogens is 5. The van der Waals surface area contributed by atoms with Gasteiger partial charge in [-0.25, -0.2) is 13.8 Å². The highest BCUT2D eigenvalue weighted by Gasteiger charge is 2.61. The van der Waals surface area contributed by atoms with E-state index in [9.17, 15) is 26.7 Å². The molecule has 2 saturated heterocycles. The Kier molecular flexibility index (Phi) is 5.15. The van der Waals surface area contributed by atoms with Gasteiger partial charge in [-0.15, -0.1) is 0 Å². The van der Waals surface area contributed by atoms with Gasteiger partial charge in [-0.1, -0.05) is 12.1 Å². The van der Waals surface area contributed by atoms with Crippen LogP contribution in [0.15, 0.2) is 36.5 Å². The van der Waals surface area contributed by atoms with Crippen LogP contribution in [0.1, 0.15) is 34.3 Å². The number of carbonyl (C=O) groups is 1. The minimum atomic E-state index is -4.56. The van der Waals surface area contributed by atoms with Crippen molar-refractivity contribution in [2.45, 2.75) is 37.5 Å². The number of rotatable bonds is 4. The molecule has 3 heterocycles. The van der Waals surface area contributed by atoms with Gasteiger partial charge in [0.25, 0.3) is 11.8 Å². The van der Waals surface area contributed by atoms with Crippen LogP contribution in [-0.4, -0.2) is 42.7 Å². The standard InChI is InChI=1S/C21H20F5N3O2/c1-13-6-9-27-17(29-10-7-19(22,23)12-29)16(13)28-18(30)14-2-4-15(5-3-14)20(8-11-31-20)21(24,25)26/h2-6,9H,7-8,10-12H2,1H3,(H,28,30). The lowest BCUT2D eigenvalue weighted by molar-refractivity contribution is -0.333. The summed E-state index contributed by atoms with van der Waals surface area (Å²) >= 11 is 0. The lowest BCUT2D eigenvalue weighted by atomic mass is 9.85. The van der Waals surface area contributed by atoms with Crippen molar-refractivity contribution in [1.29, 1.82) is 0 Å². The van der Waals surface area contributed by atoms with E-state index < -0.39 is 30.2 Å². The summed E-state index contributed by atoms with van der Waals surface area (Å²) in [5.41, 5.74) is -1.36. The maximum atomic E-state index is 13.6. The Morgan fingerprint density at radius 2 is 1.84 bits per heavy atom. The van der Waals surface area contributed by atoms with Crippen molar-refractivity contribution in [3.63, 3.8) is 0 Å². The van der Waals surface area contributed by atoms with E-state index >= 15 is 0 Å². The molecule has 1 aromatic carbocycles. The van der Waals surface area contributed by atoms with Crippen LogP contribution in [-0.2, 0) is 10.3 Å². The molecule has 2 aromatic rings. The highest BCUT2D eigenvalue weighted by Crippen LogP contribution is 2.50. The van der Waals surface area contributed by atoms with Gasteiger partial charge >= 0.3 is 6.18 Å². The number of benzene rings is 1. The average molecular weight is 441 g/mol. The molecule has 0 radical (unpaired) electrons. The molecule has 0 aliphatic carbocycles. The number of aryl methyl sites for hydroxylation is 1. The van der Waals surface area contributed by atoms with Crippen molar-refractivity contribution >= 4 is 17.4 Å². The smallest absolute Gasteiger partial charge is 0.361 e. The monoisotopic (exact) mass is 441 g/mol. The number of alkyl halides is 5. The van der Waals surface area contributed by atoms with Crippen molar-refractivity contribution in [2.24, 2.45) is 0 Å². The van der Waals surface area contributed by atoms with E-state index in [0.29, 0.717) is 11.3 Å². The Morgan fingerprint density at radius 3 is 2.35 bits per heavy atom. The van der Waals surface area contributed by atoms with E-state index in [1.54, 1.807) is 13.0 Å². The summed E-state index contributed by atoms with van der Waals surface area (Å²) < 4.78 is 72.4. The molecule has 1 N–H and O–H groups in total. The van der Waals surface area contributed by atoms with Gasteiger partial charge in [0.1, 0.15) is 0 Å². The number of amides is 1. The molecular weight excluding hydrogens is 421 g/mol. The van der Waals surface area contributed by atoms with Gasteiger partial charge in [-0.2, -0.15) is 13.2 Å². The van der Waals surface area contributed by atoms with Gasteiger partial charge in [0, 0.05) is 31.1 Å². The second kappa shape index (κ2) is 7.44. The number of nitrogens with zero attached hydrogens (tertiary/aromatic N) is 2. The van der Waals surface area contributed by atoms with Crippen LogP contribution in [0.2, 0.25) is 0 Å². The number of hydrogen-bond acceptors (Lipinski definition) is 4. The van der Waals surface area contributed by atoms with Crippen molar-refractivity contribution < 1.29 is 31.5 Å². The van der Waals surface area contributed by atoms with Crippen LogP contribution in [0.25, 0.3) is 0 Å². The highest BCUT2D eigenvalue weighted by molar-refractivity contribution is 6.06. The van der Waals surface area contributed by atoms with Crippen LogP contribution in [0.5, 0.6) is 0 Å². The average Bonchev–Trinajstić information content (AvgIpc) is 3.01. The fourth-order valence-electron chi connectivity index (χ4n) is 3.85. The topological polar surface area (TPSA) is 54.5 Å². The molecule has 1 unspecified atom stereocenters. The van der Waals surface area contributed by atoms with Crippen molar-refractivity contribution in [3.8, 4) is 0 Å². The predicted molar refractivity (Wildman–Crippen MR) is 103 cm³/mol. The molecule has 10 heteroatoms. The van der Waals surface area contributed by atoms with Crippen molar-refractivity contribution in [3.05, 3.63) is 53.2 Å². The number of pyridine rings is 1. The van der Waals surface area contributed by atoms with Crippen LogP contribution < -0.4 is 10.2 Å². The van der Waals surface area contributed by atoms with E-state index in [1.807, 2.05) is 0 Å². The normalized spacial score (nSPS) is 22.8. The summed E-state index contributed by atoms with van der Waals surface area (Å²) in [4.78, 5) is 18.3. The molecule has 5 nitrogen and oxygen atoms in total. The highest BCUT2D eigenvalue weighted by atomic mass is 19.4. The molecule has 2 aliphatic rings. The number of aromatic nitrogens is 1. The van der Waals surface area contributed by atoms with Gasteiger partial charge in [0.15, 0.2) is 11.4 Å². The molecule has 0 saturated carbocycles. The first kappa shape index (κ1) is 21.5. The predicted octanol–water partition coefficient (Wildman–Crippen LogP) is 4.67. The van der Waals surface area contributed by atoms with E-state index in [0.717, 1.165) is 0 Å². The fraction of sp³-hybridized carbons (Fsp3) is 0.429. The Hall–Kier alpha value is -2.75. The first-order valence-electron chi connectivity index (χ1n) is 9.73. The maximum absolute atomic E-state index is 13.6. The zero-order valence-corrected chi connectivity index (χ0v) is 16.6. The molecule has 31 heavy (non-hydrogen) atoms. The molecule has 0 bridgehead atoms. The summed E-state index contributed by atoms with van der Waals surface area (Å²) in [6.07, 6.45) is -3.57. The van der Waals surface area contributed by atoms with Gasteiger partial charge < -0.3 is 15.0 Å². The molecule has 2 fully saturated rings. The van der Waals surface area contributed by atoms with Crippen LogP contribution in [0.4, 0.5) is 33.5 Å². The zero-order chi connectivity index (χ0) is 22.4. The molecule has 1 aromatic heterocycles. The largest absolute Gasteiger partial charge is 0.421 e. The van der Waals surface area contributed by atoms with Gasteiger partial charge in [0.05, 0.1) is 18.8 Å². The quantitative estimate of drug-likeness (QED) is 0.701. The molecule has 1 amide bonds. The van der Waals surface area contributed by atoms with E-state index in [-0.39, 0.29) is 42.9 Å². The fourth-order valence-corrected chi connectivity index (χ4v) is 3.85. The Balaban J connectivity index is 1.56. The molecule has 1 atom stereocenters. The summed E-state index contributed by atoms with van der Waals surface area (Å²) in [6, 6.07) is 6.65. The van der Waals surface area contributed by atoms with Gasteiger partial charge in [-0.3, -0.25) is 4.79 Å². The second-order valence-corrected chi connectivity index (χ2v) is 7.81. The molecular formula is C21H20F5N3O2. The third-order valence-corrected chi connectivity index (χ3v) is 5.72. The minimum Gasteiger partial charge on any atom is -0.361 e. The first-order valence-corrected chi connectivity index (χ1v) is 9.73. The number of ether oxygens (including phenoxy) is 1. The minimum absolute atomic E-state index is 0.0142. The zero-order valence-electron chi connectivity index (χ0n) is 16.6. The van der Waals surface area contributed by atoms with E-state index in [1.165, 1.54) is 35.4 Å². The van der Waals surface area contributed by atoms with Crippen LogP contribution >= 0.6 is 0 Å². The Bertz CT molecular complexity index is 987. The number of hydrogen-bond donors (Lipinski definition) is 1. The number of carbonyl (C=O) groups excluding carboxylic acids is 1. The number of nitrogens with one attached hydrogen (secondary N) is 1. The molecule has 166 valence electrons. The third kappa shape index (κ3) is 3.84. The van der Waals surface area contributed by atoms with Crippen LogP contribution in [0.3, 0.4) is 0 Å². The Labute approximate surface area is 175 Å². The maximum Gasteiger partial charge on any atom is 0.421 e. The summed E-state index contributed by atoms with van der Waals surface area (Å²) in [7, 11) is 0. The van der Waals surface area contributed by atoms with Crippen molar-refractivity contribution in [1.82, 2.24) is 4.98 Å². The lowest BCUT2D eigenvalue weighted by Gasteiger charge is -2.43. The molecule has 0 spiro atoms. The third-order valence-electron chi connectivity index (χ3n) is 5.72. The van der Waals surface area contributed by atoms with Gasteiger partial charge in [-0.05, 0) is 36.2 Å². The second-order valence-electron chi connectivity index (χ2n) is 7.81. The molecule has 2 aliphatic heterocycles. The summed E-state index contributed by atoms with van der Waals surface area (Å²) in [5, 5.41) is 2.67. The van der Waals surface area contributed by atoms with E-state index in [4.69, 9.17) is 4.74 Å². The van der Waals surface area contributed by atoms with Crippen LogP contribution in [0, 0.1) is 6.92 Å². The first-order chi connectivity index (χ1) is 14.5. The van der Waals surface area contributed by atoms with Gasteiger partial charge in [0.2, 0.25) is 0 Å². The van der Waals surface area contributed by atoms with E-state index in [2.05, 4.69) is 10.3 Å². The lowest BCUT2D eigenvalue weighted by Crippen LogP contribution is -2.52. The molecule has 4 rings (SSSR count). The SMILES string of the molecule is Cc1ccnc(N2CCC(F)(F)C2)c1NC(=O)c1ccc(C2(C(F)(F)F)CCO2)cc1. The summed E-state index contributed by atoms with van der Waals surface area (Å²) in [6.45, 7) is 1.32. The van der Waals surface area contributed by atoms with Crippen molar-refractivity contribution in [2.75, 3.05) is 29.9 Å².